The number of hydrogen-bond acceptors (Lipinski definition) is 3. The van der Waals surface area contributed by atoms with E-state index in [-0.39, 0.29) is 11.6 Å². The summed E-state index contributed by atoms with van der Waals surface area (Å²) in [6.45, 7) is 5.41. The topological polar surface area (TPSA) is 34.2 Å². The zero-order chi connectivity index (χ0) is 13.7. The molecule has 0 aliphatic carbocycles. The third-order valence-corrected chi connectivity index (χ3v) is 2.70. The van der Waals surface area contributed by atoms with Crippen LogP contribution in [0, 0.1) is 12.7 Å². The smallest absolute Gasteiger partial charge is 0.165 e. The molecule has 1 N–H and O–H groups in total. The van der Waals surface area contributed by atoms with E-state index in [0.717, 1.165) is 17.8 Å². The summed E-state index contributed by atoms with van der Waals surface area (Å²) in [5.41, 5.74) is 1.75. The Labute approximate surface area is 112 Å². The normalized spacial score (nSPS) is 10.5. The van der Waals surface area contributed by atoms with Crippen LogP contribution < -0.4 is 10.1 Å². The Bertz CT molecular complexity index is 558. The molecule has 0 aliphatic rings. The average Bonchev–Trinajstić information content (AvgIpc) is 2.40. The summed E-state index contributed by atoms with van der Waals surface area (Å²) in [6, 6.07) is 8.20. The number of nitrogens with zero attached hydrogens (tertiary/aromatic N) is 1. The minimum atomic E-state index is -0.369. The van der Waals surface area contributed by atoms with Crippen LogP contribution in [-0.4, -0.2) is 11.5 Å². The lowest BCUT2D eigenvalue weighted by Crippen LogP contribution is -2.13. The van der Waals surface area contributed by atoms with E-state index in [1.165, 1.54) is 6.07 Å². The van der Waals surface area contributed by atoms with Gasteiger partial charge in [-0.05, 0) is 25.6 Å². The third-order valence-electron chi connectivity index (χ3n) is 2.70. The first-order valence-corrected chi connectivity index (χ1v) is 6.29. The molecule has 19 heavy (non-hydrogen) atoms. The second-order valence-corrected chi connectivity index (χ2v) is 4.25. The van der Waals surface area contributed by atoms with Gasteiger partial charge in [0.15, 0.2) is 11.6 Å². The molecule has 0 aliphatic heterocycles. The third kappa shape index (κ3) is 3.51. The SMILES string of the molecule is CCNCc1cnc(C)cc1Oc1ccccc1F. The molecule has 0 amide bonds. The summed E-state index contributed by atoms with van der Waals surface area (Å²) >= 11 is 0. The standard InChI is InChI=1S/C15H17FN2O/c1-3-17-9-12-10-18-11(2)8-15(12)19-14-7-5-4-6-13(14)16/h4-8,10,17H,3,9H2,1-2H3. The van der Waals surface area contributed by atoms with E-state index in [9.17, 15) is 4.39 Å². The molecule has 0 saturated heterocycles. The Morgan fingerprint density at radius 3 is 2.79 bits per heavy atom. The average molecular weight is 260 g/mol. The van der Waals surface area contributed by atoms with Crippen molar-refractivity contribution in [1.82, 2.24) is 10.3 Å². The molecule has 2 aromatic rings. The summed E-state index contributed by atoms with van der Waals surface area (Å²) in [6.07, 6.45) is 1.76. The van der Waals surface area contributed by atoms with Crippen LogP contribution >= 0.6 is 0 Å². The van der Waals surface area contributed by atoms with E-state index in [4.69, 9.17) is 4.74 Å². The van der Waals surface area contributed by atoms with Crippen LogP contribution in [0.2, 0.25) is 0 Å². The lowest BCUT2D eigenvalue weighted by atomic mass is 10.2. The van der Waals surface area contributed by atoms with Crippen LogP contribution in [-0.2, 0) is 6.54 Å². The molecule has 0 bridgehead atoms. The summed E-state index contributed by atoms with van der Waals surface area (Å²) in [5.74, 6) is 0.496. The number of nitrogens with one attached hydrogen (secondary N) is 1. The maximum Gasteiger partial charge on any atom is 0.165 e. The molecule has 1 aromatic carbocycles. The number of aryl methyl sites for hydroxylation is 1. The van der Waals surface area contributed by atoms with Gasteiger partial charge in [-0.2, -0.15) is 0 Å². The van der Waals surface area contributed by atoms with Crippen molar-refractivity contribution in [3.63, 3.8) is 0 Å². The van der Waals surface area contributed by atoms with Gasteiger partial charge in [0.1, 0.15) is 5.75 Å². The summed E-state index contributed by atoms with van der Waals surface area (Å²) in [4.78, 5) is 4.24. The number of hydrogen-bond donors (Lipinski definition) is 1. The molecule has 3 nitrogen and oxygen atoms in total. The van der Waals surface area contributed by atoms with Crippen LogP contribution in [0.3, 0.4) is 0 Å². The minimum absolute atomic E-state index is 0.228. The van der Waals surface area contributed by atoms with Crippen molar-refractivity contribution in [2.75, 3.05) is 6.54 Å². The Morgan fingerprint density at radius 2 is 2.05 bits per heavy atom. The van der Waals surface area contributed by atoms with Crippen molar-refractivity contribution in [1.29, 1.82) is 0 Å². The fourth-order valence-electron chi connectivity index (χ4n) is 1.70. The minimum Gasteiger partial charge on any atom is -0.454 e. The van der Waals surface area contributed by atoms with E-state index in [0.29, 0.717) is 12.3 Å². The number of benzene rings is 1. The molecule has 4 heteroatoms. The van der Waals surface area contributed by atoms with Crippen molar-refractivity contribution < 1.29 is 9.13 Å². The van der Waals surface area contributed by atoms with Crippen LogP contribution in [0.1, 0.15) is 18.2 Å². The second-order valence-electron chi connectivity index (χ2n) is 4.25. The van der Waals surface area contributed by atoms with E-state index in [1.807, 2.05) is 19.9 Å². The van der Waals surface area contributed by atoms with Crippen molar-refractivity contribution in [3.8, 4) is 11.5 Å². The Kier molecular flexibility index (Phi) is 4.47. The number of para-hydroxylation sites is 1. The molecule has 0 unspecified atom stereocenters. The van der Waals surface area contributed by atoms with E-state index >= 15 is 0 Å². The van der Waals surface area contributed by atoms with Gasteiger partial charge < -0.3 is 10.1 Å². The molecule has 0 saturated carbocycles. The summed E-state index contributed by atoms with van der Waals surface area (Å²) < 4.78 is 19.3. The highest BCUT2D eigenvalue weighted by Gasteiger charge is 2.09. The van der Waals surface area contributed by atoms with Gasteiger partial charge in [0.25, 0.3) is 0 Å². The zero-order valence-corrected chi connectivity index (χ0v) is 11.1. The molecule has 0 radical (unpaired) electrons. The van der Waals surface area contributed by atoms with Gasteiger partial charge in [-0.3, -0.25) is 4.98 Å². The highest BCUT2D eigenvalue weighted by atomic mass is 19.1. The number of ether oxygens (including phenoxy) is 1. The van der Waals surface area contributed by atoms with E-state index in [1.54, 1.807) is 24.4 Å². The highest BCUT2D eigenvalue weighted by Crippen LogP contribution is 2.27. The number of halogens is 1. The summed E-state index contributed by atoms with van der Waals surface area (Å²) in [7, 11) is 0. The number of aromatic nitrogens is 1. The Morgan fingerprint density at radius 1 is 1.26 bits per heavy atom. The van der Waals surface area contributed by atoms with Crippen molar-refractivity contribution in [2.45, 2.75) is 20.4 Å². The molecular weight excluding hydrogens is 243 g/mol. The van der Waals surface area contributed by atoms with Crippen LogP contribution in [0.15, 0.2) is 36.5 Å². The Balaban J connectivity index is 2.27. The maximum absolute atomic E-state index is 13.6. The summed E-state index contributed by atoms with van der Waals surface area (Å²) in [5, 5.41) is 3.21. The molecule has 0 spiro atoms. The van der Waals surface area contributed by atoms with E-state index in [2.05, 4.69) is 10.3 Å². The first-order chi connectivity index (χ1) is 9.20. The zero-order valence-electron chi connectivity index (χ0n) is 11.1. The highest BCUT2D eigenvalue weighted by molar-refractivity contribution is 5.38. The number of rotatable bonds is 5. The van der Waals surface area contributed by atoms with Crippen molar-refractivity contribution in [3.05, 3.63) is 53.6 Å². The van der Waals surface area contributed by atoms with Crippen LogP contribution in [0.4, 0.5) is 4.39 Å². The maximum atomic E-state index is 13.6. The second kappa shape index (κ2) is 6.29. The largest absolute Gasteiger partial charge is 0.454 e. The van der Waals surface area contributed by atoms with Gasteiger partial charge in [0, 0.05) is 30.1 Å². The molecule has 1 heterocycles. The molecule has 2 rings (SSSR count). The predicted octanol–water partition coefficient (Wildman–Crippen LogP) is 3.43. The monoisotopic (exact) mass is 260 g/mol. The Hall–Kier alpha value is -1.94. The van der Waals surface area contributed by atoms with Gasteiger partial charge >= 0.3 is 0 Å². The van der Waals surface area contributed by atoms with Crippen molar-refractivity contribution in [2.24, 2.45) is 0 Å². The van der Waals surface area contributed by atoms with E-state index < -0.39 is 0 Å². The van der Waals surface area contributed by atoms with Gasteiger partial charge in [-0.1, -0.05) is 19.1 Å². The van der Waals surface area contributed by atoms with Gasteiger partial charge in [-0.25, -0.2) is 4.39 Å². The quantitative estimate of drug-likeness (QED) is 0.894. The first-order valence-electron chi connectivity index (χ1n) is 6.29. The molecule has 100 valence electrons. The fourth-order valence-corrected chi connectivity index (χ4v) is 1.70. The van der Waals surface area contributed by atoms with Gasteiger partial charge in [0.05, 0.1) is 0 Å². The number of pyridine rings is 1. The molecular formula is C15H17FN2O. The van der Waals surface area contributed by atoms with Gasteiger partial charge in [-0.15, -0.1) is 0 Å². The molecule has 1 aromatic heterocycles. The fraction of sp³-hybridized carbons (Fsp3) is 0.267. The lowest BCUT2D eigenvalue weighted by Gasteiger charge is -2.12. The van der Waals surface area contributed by atoms with Crippen molar-refractivity contribution >= 4 is 0 Å². The van der Waals surface area contributed by atoms with Crippen LogP contribution in [0.25, 0.3) is 0 Å². The molecule has 0 fully saturated rings. The molecule has 0 atom stereocenters. The van der Waals surface area contributed by atoms with Gasteiger partial charge in [0.2, 0.25) is 0 Å². The predicted molar refractivity (Wildman–Crippen MR) is 72.8 cm³/mol. The first kappa shape index (κ1) is 13.5. The lowest BCUT2D eigenvalue weighted by molar-refractivity contribution is 0.435. The van der Waals surface area contributed by atoms with Crippen LogP contribution in [0.5, 0.6) is 11.5 Å².